The number of fused-ring (bicyclic) bond motifs is 1. The Bertz CT molecular complexity index is 1100. The van der Waals surface area contributed by atoms with E-state index in [1.807, 2.05) is 17.7 Å². The van der Waals surface area contributed by atoms with Crippen LogP contribution >= 0.6 is 23.2 Å². The Morgan fingerprint density at radius 2 is 2.13 bits per heavy atom. The molecule has 0 bridgehead atoms. The van der Waals surface area contributed by atoms with Crippen LogP contribution in [0, 0.1) is 0 Å². The van der Waals surface area contributed by atoms with Crippen molar-refractivity contribution in [2.24, 2.45) is 5.73 Å². The molecule has 0 radical (unpaired) electrons. The molecular formula is C20H22Cl2N8O. The molecule has 2 amide bonds. The van der Waals surface area contributed by atoms with E-state index in [-0.39, 0.29) is 6.03 Å². The molecule has 1 aliphatic heterocycles. The molecule has 1 atom stereocenters. The van der Waals surface area contributed by atoms with Crippen molar-refractivity contribution in [3.05, 3.63) is 63.5 Å². The third-order valence-corrected chi connectivity index (χ3v) is 5.81. The van der Waals surface area contributed by atoms with Crippen LogP contribution in [0.25, 0.3) is 0 Å². The smallest absolute Gasteiger partial charge is 0.319 e. The third-order valence-electron chi connectivity index (χ3n) is 5.07. The number of carbonyl (C=O) groups excluding carboxylic acids is 1. The lowest BCUT2D eigenvalue weighted by atomic mass is 10.1. The Balaban J connectivity index is 1.43. The van der Waals surface area contributed by atoms with Crippen molar-refractivity contribution in [3.63, 3.8) is 0 Å². The minimum absolute atomic E-state index is 0.276. The number of anilines is 2. The second-order valence-corrected chi connectivity index (χ2v) is 7.91. The Labute approximate surface area is 189 Å². The summed E-state index contributed by atoms with van der Waals surface area (Å²) in [7, 11) is 0. The molecule has 1 unspecified atom stereocenters. The quantitative estimate of drug-likeness (QED) is 0.502. The van der Waals surface area contributed by atoms with Gasteiger partial charge >= 0.3 is 6.03 Å². The normalized spacial score (nSPS) is 14.1. The minimum atomic E-state index is -0.708. The molecule has 1 aromatic carbocycles. The van der Waals surface area contributed by atoms with E-state index in [2.05, 4.69) is 25.7 Å². The van der Waals surface area contributed by atoms with E-state index in [4.69, 9.17) is 28.9 Å². The first-order valence-corrected chi connectivity index (χ1v) is 10.6. The van der Waals surface area contributed by atoms with Gasteiger partial charge in [0.2, 0.25) is 5.95 Å². The van der Waals surface area contributed by atoms with Gasteiger partial charge in [0.1, 0.15) is 12.0 Å². The molecule has 3 heterocycles. The molecule has 2 aromatic heterocycles. The Hall–Kier alpha value is -2.88. The van der Waals surface area contributed by atoms with Crippen LogP contribution in [0.4, 0.5) is 16.6 Å². The second-order valence-electron chi connectivity index (χ2n) is 7.10. The van der Waals surface area contributed by atoms with Gasteiger partial charge in [-0.15, -0.1) is 0 Å². The van der Waals surface area contributed by atoms with E-state index in [0.717, 1.165) is 23.6 Å². The van der Waals surface area contributed by atoms with E-state index in [0.29, 0.717) is 41.1 Å². The molecule has 9 nitrogen and oxygen atoms in total. The second kappa shape index (κ2) is 9.09. The molecule has 0 fully saturated rings. The SMILES string of the molecule is CCn1nccc1Nc1ncc2c(n1)CN(C(=O)NC(N)c1ccc(Cl)c(Cl)c1)CC2. The van der Waals surface area contributed by atoms with Gasteiger partial charge in [0.25, 0.3) is 0 Å². The van der Waals surface area contributed by atoms with Crippen molar-refractivity contribution in [2.75, 3.05) is 11.9 Å². The van der Waals surface area contributed by atoms with Gasteiger partial charge < -0.3 is 21.3 Å². The zero-order valence-corrected chi connectivity index (χ0v) is 18.4. The van der Waals surface area contributed by atoms with Gasteiger partial charge in [-0.05, 0) is 36.6 Å². The third kappa shape index (κ3) is 4.73. The van der Waals surface area contributed by atoms with E-state index < -0.39 is 6.17 Å². The minimum Gasteiger partial charge on any atom is -0.319 e. The van der Waals surface area contributed by atoms with Crippen molar-refractivity contribution in [1.82, 2.24) is 30.0 Å². The number of amides is 2. The van der Waals surface area contributed by atoms with E-state index in [1.165, 1.54) is 0 Å². The molecule has 1 aliphatic rings. The lowest BCUT2D eigenvalue weighted by Crippen LogP contribution is -2.46. The first-order chi connectivity index (χ1) is 14.9. The highest BCUT2D eigenvalue weighted by atomic mass is 35.5. The molecule has 4 N–H and O–H groups in total. The fraction of sp³-hybridized carbons (Fsp3) is 0.300. The number of hydrogen-bond acceptors (Lipinski definition) is 6. The van der Waals surface area contributed by atoms with Crippen LogP contribution in [0.3, 0.4) is 0 Å². The van der Waals surface area contributed by atoms with Crippen LogP contribution in [-0.4, -0.2) is 37.2 Å². The largest absolute Gasteiger partial charge is 0.319 e. The van der Waals surface area contributed by atoms with Crippen molar-refractivity contribution < 1.29 is 4.79 Å². The first kappa shape index (κ1) is 21.4. The van der Waals surface area contributed by atoms with E-state index in [1.54, 1.807) is 35.5 Å². The van der Waals surface area contributed by atoms with Crippen LogP contribution in [0.1, 0.15) is 29.9 Å². The average molecular weight is 461 g/mol. The monoisotopic (exact) mass is 460 g/mol. The summed E-state index contributed by atoms with van der Waals surface area (Å²) in [6, 6.07) is 6.61. The summed E-state index contributed by atoms with van der Waals surface area (Å²) in [6.45, 7) is 3.64. The Morgan fingerprint density at radius 1 is 1.29 bits per heavy atom. The molecule has 0 spiro atoms. The Morgan fingerprint density at radius 3 is 2.90 bits per heavy atom. The topological polar surface area (TPSA) is 114 Å². The predicted octanol–water partition coefficient (Wildman–Crippen LogP) is 3.47. The van der Waals surface area contributed by atoms with Crippen molar-refractivity contribution in [2.45, 2.75) is 32.6 Å². The fourth-order valence-corrected chi connectivity index (χ4v) is 3.66. The van der Waals surface area contributed by atoms with Crippen LogP contribution in [0.5, 0.6) is 0 Å². The molecule has 31 heavy (non-hydrogen) atoms. The maximum Gasteiger partial charge on any atom is 0.319 e. The molecule has 0 saturated heterocycles. The maximum atomic E-state index is 12.8. The van der Waals surface area contributed by atoms with Gasteiger partial charge in [0, 0.05) is 25.4 Å². The number of rotatable bonds is 5. The number of aromatic nitrogens is 4. The summed E-state index contributed by atoms with van der Waals surface area (Å²) in [5.74, 6) is 1.27. The summed E-state index contributed by atoms with van der Waals surface area (Å²) < 4.78 is 1.81. The number of nitrogens with one attached hydrogen (secondary N) is 2. The molecule has 0 aliphatic carbocycles. The van der Waals surface area contributed by atoms with Crippen LogP contribution in [0.2, 0.25) is 10.0 Å². The van der Waals surface area contributed by atoms with E-state index in [9.17, 15) is 4.79 Å². The molecule has 11 heteroatoms. The number of carbonyl (C=O) groups is 1. The number of nitrogens with zero attached hydrogens (tertiary/aromatic N) is 5. The fourth-order valence-electron chi connectivity index (χ4n) is 3.36. The molecule has 0 saturated carbocycles. The number of urea groups is 1. The average Bonchev–Trinajstić information content (AvgIpc) is 3.22. The van der Waals surface area contributed by atoms with Crippen molar-refractivity contribution in [1.29, 1.82) is 0 Å². The summed E-state index contributed by atoms with van der Waals surface area (Å²) in [5, 5.41) is 11.0. The molecule has 162 valence electrons. The van der Waals surface area contributed by atoms with Gasteiger partial charge in [-0.1, -0.05) is 29.3 Å². The van der Waals surface area contributed by atoms with Gasteiger partial charge in [-0.3, -0.25) is 0 Å². The van der Waals surface area contributed by atoms with Gasteiger partial charge in [-0.25, -0.2) is 19.4 Å². The standard InChI is InChI=1S/C20H22Cl2N8O/c1-2-30-17(5-7-25-30)27-19-24-10-13-6-8-29(11-16(13)26-19)20(31)28-18(23)12-3-4-14(21)15(22)9-12/h3-5,7,9-10,18H,2,6,8,11,23H2,1H3,(H,28,31)(H,24,26,27). The summed E-state index contributed by atoms with van der Waals surface area (Å²) >= 11 is 12.0. The zero-order chi connectivity index (χ0) is 22.0. The number of halogens is 2. The molecule has 3 aromatic rings. The first-order valence-electron chi connectivity index (χ1n) is 9.84. The number of nitrogens with two attached hydrogens (primary N) is 1. The highest BCUT2D eigenvalue weighted by Gasteiger charge is 2.24. The van der Waals surface area contributed by atoms with Gasteiger partial charge in [-0.2, -0.15) is 5.10 Å². The lowest BCUT2D eigenvalue weighted by Gasteiger charge is -2.29. The van der Waals surface area contributed by atoms with Crippen LogP contribution in [-0.2, 0) is 19.5 Å². The van der Waals surface area contributed by atoms with Crippen molar-refractivity contribution >= 4 is 41.0 Å². The summed E-state index contributed by atoms with van der Waals surface area (Å²) in [4.78, 5) is 23.4. The van der Waals surface area contributed by atoms with Crippen LogP contribution < -0.4 is 16.4 Å². The van der Waals surface area contributed by atoms with Crippen LogP contribution in [0.15, 0.2) is 36.7 Å². The zero-order valence-electron chi connectivity index (χ0n) is 16.8. The molecule has 4 rings (SSSR count). The summed E-state index contributed by atoms with van der Waals surface area (Å²) in [6.07, 6.45) is 3.47. The molecular weight excluding hydrogens is 439 g/mol. The van der Waals surface area contributed by atoms with E-state index >= 15 is 0 Å². The highest BCUT2D eigenvalue weighted by molar-refractivity contribution is 6.42. The van der Waals surface area contributed by atoms with Gasteiger partial charge in [0.05, 0.1) is 28.5 Å². The number of benzene rings is 1. The number of aryl methyl sites for hydroxylation is 1. The highest BCUT2D eigenvalue weighted by Crippen LogP contribution is 2.25. The summed E-state index contributed by atoms with van der Waals surface area (Å²) in [5.41, 5.74) is 8.62. The van der Waals surface area contributed by atoms with Crippen molar-refractivity contribution in [3.8, 4) is 0 Å². The number of hydrogen-bond donors (Lipinski definition) is 3. The predicted molar refractivity (Wildman–Crippen MR) is 119 cm³/mol. The Kier molecular flexibility index (Phi) is 6.26. The van der Waals surface area contributed by atoms with Gasteiger partial charge in [0.15, 0.2) is 0 Å². The maximum absolute atomic E-state index is 12.8. The lowest BCUT2D eigenvalue weighted by molar-refractivity contribution is 0.187.